The summed E-state index contributed by atoms with van der Waals surface area (Å²) in [6.07, 6.45) is 3.97. The molecular formula is C13H14N4O6S-2. The van der Waals surface area contributed by atoms with Gasteiger partial charge in [-0.15, -0.1) is 11.8 Å². The molecule has 0 aliphatic carbocycles. The molecule has 0 aliphatic heterocycles. The third-order valence-corrected chi connectivity index (χ3v) is 2.93. The summed E-state index contributed by atoms with van der Waals surface area (Å²) in [6, 6.07) is 1.66. The van der Waals surface area contributed by atoms with Gasteiger partial charge in [-0.25, -0.2) is 0 Å². The first-order valence-electron chi connectivity index (χ1n) is 6.33. The molecule has 0 radical (unpaired) electrons. The fraction of sp³-hybridized carbons (Fsp3) is 0.0769. The molecule has 5 N–H and O–H groups in total. The standard InChI is InChI=1S/C13H15N4O6S/c1-2-4-14-13(24)15-5-3-9-10(12(18)19)6-8(16(20)21)7-11(9)17(22)23/h2-3,5-7,20,22-23H,1,4H2,(H,18,19)(H2,14,15,24)/q-1/p-1/b5-3+. The average Bonchev–Trinajstić information content (AvgIpc) is 2.51. The van der Waals surface area contributed by atoms with Gasteiger partial charge in [0.05, 0.1) is 11.7 Å². The molecule has 10 nitrogen and oxygen atoms in total. The van der Waals surface area contributed by atoms with Crippen LogP contribution in [0.25, 0.3) is 6.08 Å². The van der Waals surface area contributed by atoms with Crippen LogP contribution < -0.4 is 26.2 Å². The summed E-state index contributed by atoms with van der Waals surface area (Å²) in [7, 11) is 0. The largest absolute Gasteiger partial charge is 0.733 e. The summed E-state index contributed by atoms with van der Waals surface area (Å²) in [5, 5.41) is 54.0. The zero-order valence-corrected chi connectivity index (χ0v) is 13.0. The lowest BCUT2D eigenvalue weighted by atomic mass is 10.0. The van der Waals surface area contributed by atoms with Gasteiger partial charge in [-0.05, 0) is 30.4 Å². The minimum absolute atomic E-state index is 0.204. The van der Waals surface area contributed by atoms with Gasteiger partial charge in [0.15, 0.2) is 5.11 Å². The second-order valence-corrected chi connectivity index (χ2v) is 4.66. The van der Waals surface area contributed by atoms with Gasteiger partial charge in [0.1, 0.15) is 5.69 Å². The highest BCUT2D eigenvalue weighted by Crippen LogP contribution is 2.29. The van der Waals surface area contributed by atoms with Crippen molar-refractivity contribution in [2.75, 3.05) is 17.0 Å². The van der Waals surface area contributed by atoms with E-state index in [0.717, 1.165) is 18.2 Å². The Morgan fingerprint density at radius 1 is 1.38 bits per heavy atom. The quantitative estimate of drug-likeness (QED) is 0.254. The van der Waals surface area contributed by atoms with Crippen LogP contribution in [0.2, 0.25) is 0 Å². The lowest BCUT2D eigenvalue weighted by molar-refractivity contribution is -0.255. The zero-order valence-electron chi connectivity index (χ0n) is 12.2. The molecule has 0 saturated heterocycles. The number of hydrogen-bond donors (Lipinski definition) is 5. The number of nitrogens with zero attached hydrogens (tertiary/aromatic N) is 2. The Hall–Kier alpha value is -2.70. The Morgan fingerprint density at radius 2 is 2.04 bits per heavy atom. The SMILES string of the molecule is C=CCNC(=S)N/C=C/c1c(C(=O)[O-])cc(N([O-])O)cc1N(O)O. The highest BCUT2D eigenvalue weighted by atomic mass is 32.1. The number of aromatic carboxylic acids is 1. The summed E-state index contributed by atoms with van der Waals surface area (Å²) in [4.78, 5) is 11.2. The summed E-state index contributed by atoms with van der Waals surface area (Å²) in [5.74, 6) is -1.70. The van der Waals surface area contributed by atoms with Crippen LogP contribution in [0.15, 0.2) is 31.0 Å². The van der Waals surface area contributed by atoms with Crippen LogP contribution in [0.4, 0.5) is 11.4 Å². The summed E-state index contributed by atoms with van der Waals surface area (Å²) < 4.78 is 0. The molecule has 1 aromatic rings. The van der Waals surface area contributed by atoms with Crippen LogP contribution in [0, 0.1) is 5.21 Å². The maximum Gasteiger partial charge on any atom is 0.170 e. The van der Waals surface area contributed by atoms with Crippen LogP contribution >= 0.6 is 12.2 Å². The molecule has 0 atom stereocenters. The van der Waals surface area contributed by atoms with Crippen molar-refractivity contribution in [2.24, 2.45) is 0 Å². The van der Waals surface area contributed by atoms with Gasteiger partial charge in [0.2, 0.25) is 0 Å². The number of anilines is 2. The van der Waals surface area contributed by atoms with Crippen molar-refractivity contribution < 1.29 is 25.5 Å². The maximum atomic E-state index is 11.2. The molecule has 0 unspecified atom stereocenters. The van der Waals surface area contributed by atoms with Crippen molar-refractivity contribution in [3.63, 3.8) is 0 Å². The Labute approximate surface area is 142 Å². The topological polar surface area (TPSA) is 154 Å². The summed E-state index contributed by atoms with van der Waals surface area (Å²) >= 11 is 4.92. The second-order valence-electron chi connectivity index (χ2n) is 4.25. The fourth-order valence-corrected chi connectivity index (χ4v) is 1.81. The normalized spacial score (nSPS) is 10.3. The number of carbonyl (C=O) groups excluding carboxylic acids is 1. The lowest BCUT2D eigenvalue weighted by Gasteiger charge is -2.25. The third-order valence-electron chi connectivity index (χ3n) is 2.67. The monoisotopic (exact) mass is 354 g/mol. The first-order valence-corrected chi connectivity index (χ1v) is 6.74. The Bertz CT molecular complexity index is 662. The van der Waals surface area contributed by atoms with Crippen LogP contribution in [-0.4, -0.2) is 33.2 Å². The molecule has 0 aromatic heterocycles. The smallest absolute Gasteiger partial charge is 0.170 e. The molecule has 0 amide bonds. The van der Waals surface area contributed by atoms with E-state index in [1.54, 1.807) is 6.08 Å². The van der Waals surface area contributed by atoms with Gasteiger partial charge < -0.3 is 31.0 Å². The van der Waals surface area contributed by atoms with E-state index in [1.165, 1.54) is 6.20 Å². The minimum Gasteiger partial charge on any atom is -0.733 e. The molecule has 24 heavy (non-hydrogen) atoms. The van der Waals surface area contributed by atoms with E-state index in [-0.39, 0.29) is 10.7 Å². The molecule has 0 heterocycles. The van der Waals surface area contributed by atoms with Gasteiger partial charge >= 0.3 is 0 Å². The molecule has 1 aromatic carbocycles. The van der Waals surface area contributed by atoms with Crippen molar-refractivity contribution in [2.45, 2.75) is 0 Å². The van der Waals surface area contributed by atoms with E-state index in [4.69, 9.17) is 17.4 Å². The van der Waals surface area contributed by atoms with Crippen molar-refractivity contribution in [3.05, 3.63) is 47.3 Å². The van der Waals surface area contributed by atoms with E-state index in [9.17, 15) is 25.5 Å². The first kappa shape index (κ1) is 19.3. The van der Waals surface area contributed by atoms with E-state index in [2.05, 4.69) is 17.2 Å². The molecule has 1 rings (SSSR count). The number of carbonyl (C=O) groups is 1. The zero-order chi connectivity index (χ0) is 18.3. The van der Waals surface area contributed by atoms with Crippen LogP contribution in [0.3, 0.4) is 0 Å². The molecule has 11 heteroatoms. The Morgan fingerprint density at radius 3 is 2.54 bits per heavy atom. The van der Waals surface area contributed by atoms with Gasteiger partial charge in [-0.2, -0.15) is 0 Å². The lowest BCUT2D eigenvalue weighted by Crippen LogP contribution is -2.31. The molecule has 130 valence electrons. The molecule has 0 fully saturated rings. The minimum atomic E-state index is -1.70. The van der Waals surface area contributed by atoms with Gasteiger partial charge in [-0.1, -0.05) is 6.08 Å². The molecule has 0 bridgehead atoms. The molecule has 0 saturated carbocycles. The molecule has 0 spiro atoms. The van der Waals surface area contributed by atoms with Crippen molar-refractivity contribution in [3.8, 4) is 0 Å². The number of carboxylic acid groups (broad SMARTS) is 1. The Kier molecular flexibility index (Phi) is 7.10. The number of hydrogen-bond acceptors (Lipinski definition) is 9. The van der Waals surface area contributed by atoms with Crippen molar-refractivity contribution in [1.82, 2.24) is 10.6 Å². The number of rotatable bonds is 7. The highest BCUT2D eigenvalue weighted by Gasteiger charge is 2.14. The predicted molar refractivity (Wildman–Crippen MR) is 87.4 cm³/mol. The van der Waals surface area contributed by atoms with Crippen LogP contribution in [0.1, 0.15) is 15.9 Å². The van der Waals surface area contributed by atoms with Crippen LogP contribution in [0.5, 0.6) is 0 Å². The number of nitrogens with one attached hydrogen (secondary N) is 2. The predicted octanol–water partition coefficient (Wildman–Crippen LogP) is -0.0509. The maximum absolute atomic E-state index is 11.2. The summed E-state index contributed by atoms with van der Waals surface area (Å²) in [5.41, 5.74) is -1.78. The fourth-order valence-electron chi connectivity index (χ4n) is 1.66. The van der Waals surface area contributed by atoms with E-state index < -0.39 is 33.4 Å². The van der Waals surface area contributed by atoms with Gasteiger partial charge in [0, 0.05) is 23.9 Å². The Balaban J connectivity index is 3.21. The van der Waals surface area contributed by atoms with E-state index in [1.807, 2.05) is 0 Å². The van der Waals surface area contributed by atoms with Crippen LogP contribution in [-0.2, 0) is 0 Å². The summed E-state index contributed by atoms with van der Waals surface area (Å²) in [6.45, 7) is 3.90. The number of benzene rings is 1. The number of thiocarbonyl (C=S) groups is 1. The van der Waals surface area contributed by atoms with E-state index >= 15 is 0 Å². The third kappa shape index (κ3) is 5.19. The van der Waals surface area contributed by atoms with E-state index in [0.29, 0.717) is 6.54 Å². The molecule has 0 aliphatic rings. The first-order chi connectivity index (χ1) is 11.3. The highest BCUT2D eigenvalue weighted by molar-refractivity contribution is 7.80. The second kappa shape index (κ2) is 8.81. The van der Waals surface area contributed by atoms with Gasteiger partial charge in [0.25, 0.3) is 0 Å². The van der Waals surface area contributed by atoms with Crippen molar-refractivity contribution in [1.29, 1.82) is 0 Å². The van der Waals surface area contributed by atoms with Crippen molar-refractivity contribution >= 4 is 40.8 Å². The van der Waals surface area contributed by atoms with Gasteiger partial charge in [-0.3, -0.25) is 15.6 Å². The number of carboxylic acids is 1. The molecular weight excluding hydrogens is 340 g/mol. The average molecular weight is 354 g/mol.